The van der Waals surface area contributed by atoms with E-state index in [0.29, 0.717) is 6.54 Å². The van der Waals surface area contributed by atoms with Crippen molar-refractivity contribution in [2.24, 2.45) is 5.73 Å². The highest BCUT2D eigenvalue weighted by Crippen LogP contribution is 2.38. The third-order valence-electron chi connectivity index (χ3n) is 3.36. The van der Waals surface area contributed by atoms with Gasteiger partial charge in [-0.3, -0.25) is 4.79 Å². The molecule has 1 heterocycles. The van der Waals surface area contributed by atoms with E-state index in [4.69, 9.17) is 11.5 Å². The number of amides is 1. The molecule has 6 heteroatoms. The first-order valence-electron chi connectivity index (χ1n) is 6.18. The second kappa shape index (κ2) is 5.28. The maximum Gasteiger partial charge on any atom is 0.250 e. The Morgan fingerprint density at radius 3 is 2.89 bits per heavy atom. The molecule has 0 aliphatic carbocycles. The summed E-state index contributed by atoms with van der Waals surface area (Å²) in [5, 5.41) is 3.06. The van der Waals surface area contributed by atoms with Gasteiger partial charge in [0.05, 0.1) is 11.3 Å². The van der Waals surface area contributed by atoms with Gasteiger partial charge in [-0.1, -0.05) is 0 Å². The third kappa shape index (κ3) is 3.12. The van der Waals surface area contributed by atoms with Crippen LogP contribution >= 0.6 is 11.8 Å². The minimum Gasteiger partial charge on any atom is -0.398 e. The van der Waals surface area contributed by atoms with Gasteiger partial charge in [-0.05, 0) is 37.7 Å². The van der Waals surface area contributed by atoms with Gasteiger partial charge in [0.15, 0.2) is 0 Å². The molecule has 0 saturated carbocycles. The highest BCUT2D eigenvalue weighted by molar-refractivity contribution is 8.00. The molecule has 0 bridgehead atoms. The highest BCUT2D eigenvalue weighted by Gasteiger charge is 2.29. The molecule has 0 spiro atoms. The lowest BCUT2D eigenvalue weighted by molar-refractivity contribution is 0.100. The average Bonchev–Trinajstić information content (AvgIpc) is 2.75. The molecule has 104 valence electrons. The van der Waals surface area contributed by atoms with Crippen LogP contribution in [-0.2, 0) is 0 Å². The van der Waals surface area contributed by atoms with Crippen molar-refractivity contribution in [2.45, 2.75) is 24.5 Å². The summed E-state index contributed by atoms with van der Waals surface area (Å²) in [6.45, 7) is 2.80. The highest BCUT2D eigenvalue weighted by atomic mass is 32.2. The maximum atomic E-state index is 13.8. The summed E-state index contributed by atoms with van der Waals surface area (Å²) in [5.41, 5.74) is 11.3. The second-order valence-corrected chi connectivity index (χ2v) is 6.72. The van der Waals surface area contributed by atoms with Crippen molar-refractivity contribution < 1.29 is 9.18 Å². The van der Waals surface area contributed by atoms with Crippen LogP contribution in [0.1, 0.15) is 30.1 Å². The Hall–Kier alpha value is -1.43. The summed E-state index contributed by atoms with van der Waals surface area (Å²) < 4.78 is 13.9. The zero-order valence-corrected chi connectivity index (χ0v) is 11.6. The molecule has 4 nitrogen and oxygen atoms in total. The first kappa shape index (κ1) is 14.0. The van der Waals surface area contributed by atoms with Crippen molar-refractivity contribution in [3.8, 4) is 0 Å². The third-order valence-corrected chi connectivity index (χ3v) is 4.90. The molecule has 0 aromatic heterocycles. The Kier molecular flexibility index (Phi) is 3.89. The Morgan fingerprint density at radius 2 is 2.32 bits per heavy atom. The zero-order chi connectivity index (χ0) is 14.0. The minimum atomic E-state index is -0.651. The summed E-state index contributed by atoms with van der Waals surface area (Å²) in [4.78, 5) is 11.2. The van der Waals surface area contributed by atoms with Gasteiger partial charge >= 0.3 is 0 Å². The van der Waals surface area contributed by atoms with Gasteiger partial charge < -0.3 is 16.8 Å². The molecule has 2 rings (SSSR count). The normalized spacial score (nSPS) is 22.4. The van der Waals surface area contributed by atoms with Crippen LogP contribution in [0.4, 0.5) is 15.8 Å². The van der Waals surface area contributed by atoms with E-state index in [9.17, 15) is 9.18 Å². The smallest absolute Gasteiger partial charge is 0.250 e. The molecular formula is C13H18FN3OS. The van der Waals surface area contributed by atoms with Crippen molar-refractivity contribution in [2.75, 3.05) is 23.3 Å². The van der Waals surface area contributed by atoms with Gasteiger partial charge in [0, 0.05) is 17.0 Å². The van der Waals surface area contributed by atoms with Crippen LogP contribution < -0.4 is 16.8 Å². The Labute approximate surface area is 116 Å². The Bertz CT molecular complexity index is 501. The fourth-order valence-electron chi connectivity index (χ4n) is 2.20. The molecule has 1 amide bonds. The summed E-state index contributed by atoms with van der Waals surface area (Å²) >= 11 is 1.88. The van der Waals surface area contributed by atoms with E-state index < -0.39 is 11.7 Å². The molecule has 1 aromatic carbocycles. The lowest BCUT2D eigenvalue weighted by Crippen LogP contribution is -2.27. The fourth-order valence-corrected chi connectivity index (χ4v) is 3.44. The first-order valence-corrected chi connectivity index (χ1v) is 7.16. The predicted octanol–water partition coefficient (Wildman–Crippen LogP) is 2.20. The van der Waals surface area contributed by atoms with Crippen molar-refractivity contribution in [1.29, 1.82) is 0 Å². The van der Waals surface area contributed by atoms with Crippen LogP contribution in [0.5, 0.6) is 0 Å². The molecule has 5 N–H and O–H groups in total. The number of halogens is 1. The van der Waals surface area contributed by atoms with Crippen LogP contribution in [0.25, 0.3) is 0 Å². The number of carbonyl (C=O) groups is 1. The second-order valence-electron chi connectivity index (χ2n) is 5.04. The quantitative estimate of drug-likeness (QED) is 0.740. The number of primary amides is 1. The molecular weight excluding hydrogens is 265 g/mol. The Balaban J connectivity index is 2.15. The summed E-state index contributed by atoms with van der Waals surface area (Å²) in [6.07, 6.45) is 2.28. The lowest BCUT2D eigenvalue weighted by Gasteiger charge is -2.24. The van der Waals surface area contributed by atoms with E-state index in [2.05, 4.69) is 12.2 Å². The van der Waals surface area contributed by atoms with Crippen LogP contribution in [0.2, 0.25) is 0 Å². The average molecular weight is 283 g/mol. The van der Waals surface area contributed by atoms with E-state index in [0.717, 1.165) is 18.2 Å². The number of rotatable bonds is 4. The number of thioether (sulfide) groups is 1. The van der Waals surface area contributed by atoms with Crippen LogP contribution in [0, 0.1) is 5.82 Å². The molecule has 1 atom stereocenters. The summed E-state index contributed by atoms with van der Waals surface area (Å²) in [6, 6.07) is 2.52. The van der Waals surface area contributed by atoms with Crippen molar-refractivity contribution in [3.05, 3.63) is 23.5 Å². The maximum absolute atomic E-state index is 13.8. The van der Waals surface area contributed by atoms with E-state index in [1.165, 1.54) is 12.5 Å². The number of carbonyl (C=O) groups excluding carboxylic acids is 1. The minimum absolute atomic E-state index is 0.0667. The van der Waals surface area contributed by atoms with E-state index in [1.807, 2.05) is 11.8 Å². The van der Waals surface area contributed by atoms with Gasteiger partial charge in [-0.2, -0.15) is 11.8 Å². The van der Waals surface area contributed by atoms with Gasteiger partial charge in [0.2, 0.25) is 0 Å². The molecule has 1 fully saturated rings. The molecule has 1 unspecified atom stereocenters. The van der Waals surface area contributed by atoms with E-state index in [-0.39, 0.29) is 21.7 Å². The molecule has 1 saturated heterocycles. The predicted molar refractivity (Wildman–Crippen MR) is 77.9 cm³/mol. The number of anilines is 2. The number of benzene rings is 1. The summed E-state index contributed by atoms with van der Waals surface area (Å²) in [7, 11) is 0. The number of nitrogens with two attached hydrogens (primary N) is 2. The van der Waals surface area contributed by atoms with Gasteiger partial charge in [-0.15, -0.1) is 0 Å². The van der Waals surface area contributed by atoms with Crippen molar-refractivity contribution >= 4 is 29.0 Å². The lowest BCUT2D eigenvalue weighted by atomic mass is 10.1. The molecule has 1 aliphatic rings. The van der Waals surface area contributed by atoms with E-state index >= 15 is 0 Å². The van der Waals surface area contributed by atoms with Gasteiger partial charge in [0.25, 0.3) is 5.91 Å². The van der Waals surface area contributed by atoms with Crippen LogP contribution in [0.3, 0.4) is 0 Å². The van der Waals surface area contributed by atoms with Crippen molar-refractivity contribution in [3.63, 3.8) is 0 Å². The molecule has 19 heavy (non-hydrogen) atoms. The molecule has 1 aliphatic heterocycles. The fraction of sp³-hybridized carbons (Fsp3) is 0.462. The van der Waals surface area contributed by atoms with Crippen LogP contribution in [0.15, 0.2) is 12.1 Å². The molecule has 0 radical (unpaired) electrons. The first-order chi connectivity index (χ1) is 8.91. The number of hydrogen-bond donors (Lipinski definition) is 3. The van der Waals surface area contributed by atoms with Gasteiger partial charge in [0.1, 0.15) is 5.82 Å². The summed E-state index contributed by atoms with van der Waals surface area (Å²) in [5.74, 6) is 0.0191. The number of nitrogens with one attached hydrogen (secondary N) is 1. The largest absolute Gasteiger partial charge is 0.398 e. The zero-order valence-electron chi connectivity index (χ0n) is 10.8. The van der Waals surface area contributed by atoms with Crippen LogP contribution in [-0.4, -0.2) is 23.0 Å². The molecule has 1 aromatic rings. The standard InChI is InChI=1S/C13H18FN3OS/c1-13(3-2-4-19-13)7-17-11-5-8(12(16)18)10(15)6-9(11)14/h5-6,17H,2-4,7,15H2,1H3,(H2,16,18). The van der Waals surface area contributed by atoms with Crippen molar-refractivity contribution in [1.82, 2.24) is 0 Å². The topological polar surface area (TPSA) is 81.1 Å². The number of hydrogen-bond acceptors (Lipinski definition) is 4. The SMILES string of the molecule is CC1(CNc2cc(C(N)=O)c(N)cc2F)CCCS1. The monoisotopic (exact) mass is 283 g/mol. The van der Waals surface area contributed by atoms with Gasteiger partial charge in [-0.25, -0.2) is 4.39 Å². The number of nitrogen functional groups attached to an aromatic ring is 1. The van der Waals surface area contributed by atoms with E-state index in [1.54, 1.807) is 0 Å². The Morgan fingerprint density at radius 1 is 1.58 bits per heavy atom.